The summed E-state index contributed by atoms with van der Waals surface area (Å²) in [7, 11) is 3.00. The number of methoxy groups -OCH3 is 2. The summed E-state index contributed by atoms with van der Waals surface area (Å²) in [5.41, 5.74) is 3.42. The van der Waals surface area contributed by atoms with Gasteiger partial charge >= 0.3 is 0 Å². The Kier molecular flexibility index (Phi) is 4.96. The minimum atomic E-state index is -0.303. The third kappa shape index (κ3) is 3.33. The fourth-order valence-electron chi connectivity index (χ4n) is 3.41. The number of aromatic nitrogens is 2. The van der Waals surface area contributed by atoms with Gasteiger partial charge in [0.1, 0.15) is 5.82 Å². The number of phenolic OH excluding ortho intramolecular Hbond substituents is 1. The Bertz CT molecular complexity index is 1080. The number of nitrogens with zero attached hydrogens (tertiary/aromatic N) is 3. The highest BCUT2D eigenvalue weighted by Crippen LogP contribution is 2.50. The first-order valence-corrected chi connectivity index (χ1v) is 9.83. The summed E-state index contributed by atoms with van der Waals surface area (Å²) in [6, 6.07) is 9.76. The third-order valence-electron chi connectivity index (χ3n) is 4.77. The Labute approximate surface area is 172 Å². The molecule has 0 spiro atoms. The molecule has 2 heterocycles. The number of halogens is 1. The molecule has 0 aliphatic carbocycles. The molecule has 3 aromatic rings. The van der Waals surface area contributed by atoms with Crippen molar-refractivity contribution >= 4 is 22.6 Å². The average molecular weight is 413 g/mol. The van der Waals surface area contributed by atoms with E-state index in [2.05, 4.69) is 5.10 Å². The maximum absolute atomic E-state index is 13.4. The largest absolute Gasteiger partial charge is 0.502 e. The van der Waals surface area contributed by atoms with Gasteiger partial charge in [-0.25, -0.2) is 14.1 Å². The fraction of sp³-hybridized carbons (Fsp3) is 0.238. The van der Waals surface area contributed by atoms with Gasteiger partial charge in [-0.1, -0.05) is 11.8 Å². The first-order chi connectivity index (χ1) is 13.9. The second-order valence-corrected chi connectivity index (χ2v) is 7.91. The molecule has 1 aliphatic heterocycles. The number of phenols is 1. The maximum atomic E-state index is 13.4. The van der Waals surface area contributed by atoms with E-state index in [9.17, 15) is 9.50 Å². The van der Waals surface area contributed by atoms with Gasteiger partial charge in [0.2, 0.25) is 5.75 Å². The lowest BCUT2D eigenvalue weighted by molar-refractivity contribution is 0.339. The molecule has 8 heteroatoms. The zero-order valence-electron chi connectivity index (χ0n) is 16.4. The normalized spacial score (nSPS) is 15.6. The van der Waals surface area contributed by atoms with Gasteiger partial charge in [0.05, 0.1) is 35.9 Å². The van der Waals surface area contributed by atoms with Crippen molar-refractivity contribution in [3.05, 3.63) is 59.0 Å². The molecule has 1 aliphatic rings. The van der Waals surface area contributed by atoms with Crippen LogP contribution in [0.25, 0.3) is 5.69 Å². The predicted molar refractivity (Wildman–Crippen MR) is 112 cm³/mol. The first kappa shape index (κ1) is 19.3. The molecular formula is C21H20FN3O3S. The number of ether oxygens (including phenoxy) is 2. The highest BCUT2D eigenvalue weighted by molar-refractivity contribution is 8.14. The zero-order valence-corrected chi connectivity index (χ0v) is 17.2. The van der Waals surface area contributed by atoms with Crippen molar-refractivity contribution in [2.75, 3.05) is 14.2 Å². The van der Waals surface area contributed by atoms with Gasteiger partial charge in [0.15, 0.2) is 17.3 Å². The molecule has 0 saturated heterocycles. The summed E-state index contributed by atoms with van der Waals surface area (Å²) < 4.78 is 25.7. The van der Waals surface area contributed by atoms with Crippen LogP contribution in [0.3, 0.4) is 0 Å². The number of aryl methyl sites for hydroxylation is 1. The maximum Gasteiger partial charge on any atom is 0.200 e. The van der Waals surface area contributed by atoms with E-state index in [1.54, 1.807) is 40.7 Å². The molecular weight excluding hydrogens is 393 g/mol. The van der Waals surface area contributed by atoms with E-state index < -0.39 is 0 Å². The minimum absolute atomic E-state index is 0.0381. The van der Waals surface area contributed by atoms with Crippen LogP contribution in [0, 0.1) is 12.7 Å². The number of benzene rings is 2. The summed E-state index contributed by atoms with van der Waals surface area (Å²) in [5.74, 6) is 1.05. The number of aliphatic imine (C=N–C) groups is 1. The monoisotopic (exact) mass is 413 g/mol. The highest BCUT2D eigenvalue weighted by atomic mass is 32.2. The SMILES string of the molecule is COc1cc(C2SC(C)=Nc3c2c(C)nn3-c2ccc(F)cc2)cc(OC)c1O. The van der Waals surface area contributed by atoms with Crippen molar-refractivity contribution in [1.82, 2.24) is 9.78 Å². The fourth-order valence-corrected chi connectivity index (χ4v) is 4.56. The second-order valence-electron chi connectivity index (χ2n) is 6.61. The van der Waals surface area contributed by atoms with Crippen molar-refractivity contribution in [1.29, 1.82) is 0 Å². The summed E-state index contributed by atoms with van der Waals surface area (Å²) in [5, 5.41) is 15.7. The van der Waals surface area contributed by atoms with E-state index in [0.717, 1.165) is 27.6 Å². The number of aromatic hydroxyl groups is 1. The lowest BCUT2D eigenvalue weighted by atomic mass is 10.0. The van der Waals surface area contributed by atoms with Crippen LogP contribution >= 0.6 is 11.8 Å². The number of thioether (sulfide) groups is 1. The van der Waals surface area contributed by atoms with Crippen LogP contribution in [0.1, 0.15) is 29.0 Å². The molecule has 0 amide bonds. The molecule has 29 heavy (non-hydrogen) atoms. The van der Waals surface area contributed by atoms with Gasteiger partial charge < -0.3 is 14.6 Å². The molecule has 150 valence electrons. The summed E-state index contributed by atoms with van der Waals surface area (Å²) in [4.78, 5) is 4.72. The van der Waals surface area contributed by atoms with E-state index in [1.807, 2.05) is 13.8 Å². The van der Waals surface area contributed by atoms with Gasteiger partial charge in [0.25, 0.3) is 0 Å². The molecule has 6 nitrogen and oxygen atoms in total. The summed E-state index contributed by atoms with van der Waals surface area (Å²) >= 11 is 1.60. The summed E-state index contributed by atoms with van der Waals surface area (Å²) in [6.45, 7) is 3.87. The highest BCUT2D eigenvalue weighted by Gasteiger charge is 2.31. The molecule has 0 saturated carbocycles. The van der Waals surface area contributed by atoms with Crippen LogP contribution in [-0.4, -0.2) is 34.2 Å². The van der Waals surface area contributed by atoms with Crippen molar-refractivity contribution in [3.63, 3.8) is 0 Å². The Morgan fingerprint density at radius 1 is 1.07 bits per heavy atom. The van der Waals surface area contributed by atoms with E-state index in [-0.39, 0.29) is 16.8 Å². The molecule has 0 radical (unpaired) electrons. The Morgan fingerprint density at radius 3 is 2.28 bits per heavy atom. The predicted octanol–water partition coefficient (Wildman–Crippen LogP) is 4.93. The number of hydrogen-bond donors (Lipinski definition) is 1. The lowest BCUT2D eigenvalue weighted by Crippen LogP contribution is -2.07. The van der Waals surface area contributed by atoms with E-state index in [1.165, 1.54) is 26.4 Å². The second kappa shape index (κ2) is 7.44. The van der Waals surface area contributed by atoms with Crippen LogP contribution in [0.15, 0.2) is 41.4 Å². The molecule has 1 unspecified atom stereocenters. The van der Waals surface area contributed by atoms with Gasteiger partial charge in [0, 0.05) is 5.56 Å². The van der Waals surface area contributed by atoms with Crippen LogP contribution in [0.5, 0.6) is 17.2 Å². The standard InChI is InChI=1S/C21H20FN3O3S/c1-11-18-20(13-9-16(27-3)19(26)17(10-13)28-4)29-12(2)23-21(18)25(24-11)15-7-5-14(22)6-8-15/h5-10,20,26H,1-4H3. The Morgan fingerprint density at radius 2 is 1.69 bits per heavy atom. The first-order valence-electron chi connectivity index (χ1n) is 8.95. The molecule has 4 rings (SSSR count). The molecule has 1 aromatic heterocycles. The number of rotatable bonds is 4. The van der Waals surface area contributed by atoms with Crippen LogP contribution < -0.4 is 9.47 Å². The lowest BCUT2D eigenvalue weighted by Gasteiger charge is -2.23. The number of hydrogen-bond acceptors (Lipinski definition) is 6. The minimum Gasteiger partial charge on any atom is -0.502 e. The van der Waals surface area contributed by atoms with E-state index in [4.69, 9.17) is 14.5 Å². The molecule has 0 bridgehead atoms. The topological polar surface area (TPSA) is 68.9 Å². The van der Waals surface area contributed by atoms with E-state index in [0.29, 0.717) is 17.3 Å². The van der Waals surface area contributed by atoms with Gasteiger partial charge in [-0.2, -0.15) is 5.10 Å². The van der Waals surface area contributed by atoms with Crippen molar-refractivity contribution in [2.45, 2.75) is 19.1 Å². The summed E-state index contributed by atoms with van der Waals surface area (Å²) in [6.07, 6.45) is 0. The van der Waals surface area contributed by atoms with E-state index >= 15 is 0 Å². The molecule has 1 N–H and O–H groups in total. The number of fused-ring (bicyclic) bond motifs is 1. The molecule has 1 atom stereocenters. The quantitative estimate of drug-likeness (QED) is 0.657. The zero-order chi connectivity index (χ0) is 20.7. The van der Waals surface area contributed by atoms with Crippen molar-refractivity contribution in [3.8, 4) is 22.9 Å². The smallest absolute Gasteiger partial charge is 0.200 e. The van der Waals surface area contributed by atoms with Crippen LogP contribution in [-0.2, 0) is 0 Å². The Balaban J connectivity index is 1.89. The van der Waals surface area contributed by atoms with Gasteiger partial charge in [-0.15, -0.1) is 0 Å². The average Bonchev–Trinajstić information content (AvgIpc) is 3.04. The Hall–Kier alpha value is -3.00. The van der Waals surface area contributed by atoms with Crippen LogP contribution in [0.4, 0.5) is 10.2 Å². The molecule has 0 fully saturated rings. The van der Waals surface area contributed by atoms with Crippen molar-refractivity contribution in [2.24, 2.45) is 4.99 Å². The van der Waals surface area contributed by atoms with Crippen molar-refractivity contribution < 1.29 is 19.0 Å². The van der Waals surface area contributed by atoms with Gasteiger partial charge in [-0.05, 0) is 55.8 Å². The third-order valence-corrected chi connectivity index (χ3v) is 5.95. The van der Waals surface area contributed by atoms with Gasteiger partial charge in [-0.3, -0.25) is 0 Å². The van der Waals surface area contributed by atoms with Crippen LogP contribution in [0.2, 0.25) is 0 Å². The molecule has 2 aromatic carbocycles.